The lowest BCUT2D eigenvalue weighted by Gasteiger charge is -2.19. The van der Waals surface area contributed by atoms with Crippen molar-refractivity contribution in [2.24, 2.45) is 0 Å². The lowest BCUT2D eigenvalue weighted by molar-refractivity contribution is 0.616. The van der Waals surface area contributed by atoms with Crippen molar-refractivity contribution in [1.29, 1.82) is 0 Å². The second kappa shape index (κ2) is 5.58. The number of aryl methyl sites for hydroxylation is 1. The Morgan fingerprint density at radius 2 is 2.20 bits per heavy atom. The number of aromatic nitrogens is 2. The van der Waals surface area contributed by atoms with Gasteiger partial charge < -0.3 is 5.32 Å². The van der Waals surface area contributed by atoms with Crippen LogP contribution in [0.5, 0.6) is 0 Å². The smallest absolute Gasteiger partial charge is 0.160 e. The van der Waals surface area contributed by atoms with Crippen LogP contribution in [0.15, 0.2) is 22.7 Å². The third-order valence-corrected chi connectivity index (χ3v) is 4.19. The van der Waals surface area contributed by atoms with E-state index >= 15 is 0 Å². The molecule has 5 heteroatoms. The number of nitrogens with zero attached hydrogens (tertiary/aromatic N) is 2. The molecular weight excluding hydrogens is 321 g/mol. The van der Waals surface area contributed by atoms with Gasteiger partial charge in [0.1, 0.15) is 5.82 Å². The van der Waals surface area contributed by atoms with Crippen LogP contribution in [-0.4, -0.2) is 16.5 Å². The van der Waals surface area contributed by atoms with Crippen LogP contribution >= 0.6 is 15.9 Å². The molecule has 0 radical (unpaired) electrons. The maximum Gasteiger partial charge on any atom is 0.160 e. The molecule has 3 rings (SSSR count). The standard InChI is InChI=1S/C15H15BrFN3/c1-2-13-11-5-6-18-8-14(11)20-15(19-13)10-4-3-9(17)7-12(10)16/h3-4,7,18H,2,5-6,8H2,1H3. The molecule has 0 bridgehead atoms. The fourth-order valence-electron chi connectivity index (χ4n) is 2.52. The third-order valence-electron chi connectivity index (χ3n) is 3.53. The van der Waals surface area contributed by atoms with Crippen LogP contribution in [0.25, 0.3) is 11.4 Å². The van der Waals surface area contributed by atoms with E-state index in [0.717, 1.165) is 42.9 Å². The van der Waals surface area contributed by atoms with Gasteiger partial charge in [-0.15, -0.1) is 0 Å². The van der Waals surface area contributed by atoms with E-state index in [1.165, 1.54) is 17.7 Å². The van der Waals surface area contributed by atoms with Crippen LogP contribution in [0, 0.1) is 5.82 Å². The van der Waals surface area contributed by atoms with E-state index < -0.39 is 0 Å². The minimum atomic E-state index is -0.268. The summed E-state index contributed by atoms with van der Waals surface area (Å²) in [6.07, 6.45) is 1.86. The summed E-state index contributed by atoms with van der Waals surface area (Å²) in [6, 6.07) is 4.60. The van der Waals surface area contributed by atoms with Crippen LogP contribution in [-0.2, 0) is 19.4 Å². The van der Waals surface area contributed by atoms with Crippen molar-refractivity contribution in [3.63, 3.8) is 0 Å². The molecule has 1 aliphatic heterocycles. The molecule has 0 amide bonds. The average Bonchev–Trinajstić information content (AvgIpc) is 2.46. The van der Waals surface area contributed by atoms with Gasteiger partial charge in [-0.2, -0.15) is 0 Å². The predicted octanol–water partition coefficient (Wildman–Crippen LogP) is 3.25. The fourth-order valence-corrected chi connectivity index (χ4v) is 3.05. The minimum Gasteiger partial charge on any atom is -0.311 e. The molecular formula is C15H15BrFN3. The molecule has 0 spiro atoms. The van der Waals surface area contributed by atoms with E-state index in [1.807, 2.05) is 0 Å². The van der Waals surface area contributed by atoms with Gasteiger partial charge in [0, 0.05) is 22.3 Å². The molecule has 20 heavy (non-hydrogen) atoms. The van der Waals surface area contributed by atoms with Crippen molar-refractivity contribution < 1.29 is 4.39 Å². The molecule has 0 saturated heterocycles. The molecule has 0 atom stereocenters. The number of hydrogen-bond donors (Lipinski definition) is 1. The number of nitrogens with one attached hydrogen (secondary N) is 1. The normalized spacial score (nSPS) is 14.2. The third kappa shape index (κ3) is 2.47. The largest absolute Gasteiger partial charge is 0.311 e. The zero-order chi connectivity index (χ0) is 14.1. The maximum atomic E-state index is 13.2. The molecule has 1 aliphatic rings. The molecule has 1 aromatic carbocycles. The van der Waals surface area contributed by atoms with Gasteiger partial charge in [-0.1, -0.05) is 6.92 Å². The summed E-state index contributed by atoms with van der Waals surface area (Å²) in [7, 11) is 0. The average molecular weight is 336 g/mol. The Hall–Kier alpha value is -1.33. The van der Waals surface area contributed by atoms with Crippen LogP contribution in [0.2, 0.25) is 0 Å². The molecule has 0 saturated carbocycles. The molecule has 2 heterocycles. The van der Waals surface area contributed by atoms with E-state index in [1.54, 1.807) is 6.07 Å². The van der Waals surface area contributed by atoms with E-state index in [-0.39, 0.29) is 5.82 Å². The number of fused-ring (bicyclic) bond motifs is 1. The first kappa shape index (κ1) is 13.6. The van der Waals surface area contributed by atoms with Crippen LogP contribution in [0.3, 0.4) is 0 Å². The monoisotopic (exact) mass is 335 g/mol. The van der Waals surface area contributed by atoms with Gasteiger partial charge in [-0.25, -0.2) is 14.4 Å². The molecule has 2 aromatic rings. The number of halogens is 2. The van der Waals surface area contributed by atoms with Gasteiger partial charge in [0.15, 0.2) is 5.82 Å². The van der Waals surface area contributed by atoms with E-state index in [4.69, 9.17) is 0 Å². The van der Waals surface area contributed by atoms with Crippen molar-refractivity contribution in [2.75, 3.05) is 6.54 Å². The first-order valence-corrected chi connectivity index (χ1v) is 7.53. The summed E-state index contributed by atoms with van der Waals surface area (Å²) in [5.41, 5.74) is 4.26. The zero-order valence-corrected chi connectivity index (χ0v) is 12.8. The molecule has 0 unspecified atom stereocenters. The molecule has 0 fully saturated rings. The summed E-state index contributed by atoms with van der Waals surface area (Å²) >= 11 is 3.39. The molecule has 1 aromatic heterocycles. The van der Waals surface area contributed by atoms with Gasteiger partial charge in [-0.3, -0.25) is 0 Å². The van der Waals surface area contributed by atoms with Crippen LogP contribution in [0.4, 0.5) is 4.39 Å². The van der Waals surface area contributed by atoms with E-state index in [2.05, 4.69) is 38.1 Å². The maximum absolute atomic E-state index is 13.2. The van der Waals surface area contributed by atoms with Gasteiger partial charge >= 0.3 is 0 Å². The van der Waals surface area contributed by atoms with Crippen LogP contribution < -0.4 is 5.32 Å². The van der Waals surface area contributed by atoms with E-state index in [0.29, 0.717) is 10.3 Å². The quantitative estimate of drug-likeness (QED) is 0.915. The van der Waals surface area contributed by atoms with E-state index in [9.17, 15) is 4.39 Å². The molecule has 3 nitrogen and oxygen atoms in total. The molecule has 0 aliphatic carbocycles. The highest BCUT2D eigenvalue weighted by Crippen LogP contribution is 2.28. The lowest BCUT2D eigenvalue weighted by atomic mass is 10.0. The Morgan fingerprint density at radius 3 is 2.95 bits per heavy atom. The van der Waals surface area contributed by atoms with Gasteiger partial charge in [0.2, 0.25) is 0 Å². The molecule has 104 valence electrons. The van der Waals surface area contributed by atoms with Crippen molar-refractivity contribution in [3.05, 3.63) is 45.4 Å². The minimum absolute atomic E-state index is 0.268. The zero-order valence-electron chi connectivity index (χ0n) is 11.2. The summed E-state index contributed by atoms with van der Waals surface area (Å²) in [6.45, 7) is 3.85. The first-order chi connectivity index (χ1) is 9.69. The number of benzene rings is 1. The lowest BCUT2D eigenvalue weighted by Crippen LogP contribution is -2.26. The Labute approximate surface area is 125 Å². The first-order valence-electron chi connectivity index (χ1n) is 6.74. The summed E-state index contributed by atoms with van der Waals surface area (Å²) in [5.74, 6) is 0.396. The summed E-state index contributed by atoms with van der Waals surface area (Å²) in [5, 5.41) is 3.33. The number of hydrogen-bond acceptors (Lipinski definition) is 3. The highest BCUT2D eigenvalue weighted by molar-refractivity contribution is 9.10. The number of rotatable bonds is 2. The van der Waals surface area contributed by atoms with Gasteiger partial charge in [0.05, 0.1) is 5.69 Å². The molecule has 1 N–H and O–H groups in total. The second-order valence-corrected chi connectivity index (χ2v) is 5.68. The highest BCUT2D eigenvalue weighted by atomic mass is 79.9. The topological polar surface area (TPSA) is 37.8 Å². The summed E-state index contributed by atoms with van der Waals surface area (Å²) in [4.78, 5) is 9.33. The Kier molecular flexibility index (Phi) is 3.81. The summed E-state index contributed by atoms with van der Waals surface area (Å²) < 4.78 is 13.9. The van der Waals surface area contributed by atoms with Gasteiger partial charge in [0.25, 0.3) is 0 Å². The second-order valence-electron chi connectivity index (χ2n) is 4.82. The van der Waals surface area contributed by atoms with Crippen molar-refractivity contribution in [1.82, 2.24) is 15.3 Å². The Bertz CT molecular complexity index is 641. The fraction of sp³-hybridized carbons (Fsp3) is 0.333. The van der Waals surface area contributed by atoms with Crippen molar-refractivity contribution in [2.45, 2.75) is 26.3 Å². The predicted molar refractivity (Wildman–Crippen MR) is 79.9 cm³/mol. The van der Waals surface area contributed by atoms with Crippen molar-refractivity contribution >= 4 is 15.9 Å². The highest BCUT2D eigenvalue weighted by Gasteiger charge is 2.18. The Morgan fingerprint density at radius 1 is 1.35 bits per heavy atom. The SMILES string of the molecule is CCc1nc(-c2ccc(F)cc2Br)nc2c1CCNC2. The van der Waals surface area contributed by atoms with Crippen molar-refractivity contribution in [3.8, 4) is 11.4 Å². The van der Waals surface area contributed by atoms with Gasteiger partial charge in [-0.05, 0) is 59.1 Å². The van der Waals surface area contributed by atoms with Crippen LogP contribution in [0.1, 0.15) is 23.9 Å². The Balaban J connectivity index is 2.14.